The molecular formula is C14H21BrN2. The van der Waals surface area contributed by atoms with Gasteiger partial charge in [-0.05, 0) is 31.0 Å². The van der Waals surface area contributed by atoms with Crippen LogP contribution in [0.25, 0.3) is 0 Å². The second-order valence-corrected chi connectivity index (χ2v) is 5.99. The largest absolute Gasteiger partial charge is 0.314 e. The molecule has 0 saturated carbocycles. The van der Waals surface area contributed by atoms with Gasteiger partial charge in [0.1, 0.15) is 0 Å². The summed E-state index contributed by atoms with van der Waals surface area (Å²) in [5.74, 6) is 0. The van der Waals surface area contributed by atoms with Crippen LogP contribution in [0.4, 0.5) is 0 Å². The van der Waals surface area contributed by atoms with Crippen molar-refractivity contribution in [1.82, 2.24) is 10.2 Å². The summed E-state index contributed by atoms with van der Waals surface area (Å²) in [5, 5.41) is 3.50. The van der Waals surface area contributed by atoms with Crippen molar-refractivity contribution >= 4 is 15.9 Å². The number of hydrogen-bond donors (Lipinski definition) is 1. The minimum atomic E-state index is 0.297. The van der Waals surface area contributed by atoms with E-state index in [2.05, 4.69) is 64.3 Å². The normalized spacial score (nSPS) is 26.1. The molecule has 1 aliphatic rings. The van der Waals surface area contributed by atoms with Gasteiger partial charge in [0.15, 0.2) is 0 Å². The van der Waals surface area contributed by atoms with Crippen LogP contribution in [0.3, 0.4) is 0 Å². The molecule has 94 valence electrons. The third kappa shape index (κ3) is 3.09. The van der Waals surface area contributed by atoms with E-state index in [0.29, 0.717) is 5.54 Å². The maximum absolute atomic E-state index is 3.50. The van der Waals surface area contributed by atoms with Gasteiger partial charge < -0.3 is 5.32 Å². The summed E-state index contributed by atoms with van der Waals surface area (Å²) < 4.78 is 1.15. The van der Waals surface area contributed by atoms with E-state index < -0.39 is 0 Å². The lowest BCUT2D eigenvalue weighted by Gasteiger charge is -2.45. The van der Waals surface area contributed by atoms with Crippen LogP contribution in [0.2, 0.25) is 0 Å². The fourth-order valence-corrected chi connectivity index (χ4v) is 2.65. The van der Waals surface area contributed by atoms with Gasteiger partial charge in [0.2, 0.25) is 0 Å². The lowest BCUT2D eigenvalue weighted by molar-refractivity contribution is 0.0637. The van der Waals surface area contributed by atoms with Crippen molar-refractivity contribution in [2.24, 2.45) is 0 Å². The molecule has 0 aliphatic carbocycles. The van der Waals surface area contributed by atoms with Crippen LogP contribution in [0.5, 0.6) is 0 Å². The van der Waals surface area contributed by atoms with E-state index in [4.69, 9.17) is 0 Å². The molecule has 1 heterocycles. The fourth-order valence-electron chi connectivity index (χ4n) is 2.38. The third-order valence-corrected chi connectivity index (χ3v) is 4.40. The molecule has 1 fully saturated rings. The van der Waals surface area contributed by atoms with E-state index in [9.17, 15) is 0 Å². The molecule has 0 spiro atoms. The average molecular weight is 297 g/mol. The highest BCUT2D eigenvalue weighted by molar-refractivity contribution is 9.10. The van der Waals surface area contributed by atoms with E-state index in [1.165, 1.54) is 12.0 Å². The first kappa shape index (κ1) is 13.1. The Balaban J connectivity index is 2.08. The van der Waals surface area contributed by atoms with Crippen LogP contribution >= 0.6 is 15.9 Å². The Morgan fingerprint density at radius 3 is 2.71 bits per heavy atom. The van der Waals surface area contributed by atoms with Crippen molar-refractivity contribution < 1.29 is 0 Å². The molecular weight excluding hydrogens is 276 g/mol. The highest BCUT2D eigenvalue weighted by Crippen LogP contribution is 2.23. The predicted octanol–water partition coefficient (Wildman–Crippen LogP) is 3.02. The first-order valence-electron chi connectivity index (χ1n) is 6.34. The number of halogens is 1. The summed E-state index contributed by atoms with van der Waals surface area (Å²) in [7, 11) is 0. The van der Waals surface area contributed by atoms with E-state index in [1.807, 2.05) is 0 Å². The molecule has 0 bridgehead atoms. The molecule has 2 nitrogen and oxygen atoms in total. The van der Waals surface area contributed by atoms with Crippen molar-refractivity contribution in [2.45, 2.75) is 32.4 Å². The Bertz CT molecular complexity index is 363. The van der Waals surface area contributed by atoms with Crippen LogP contribution < -0.4 is 5.32 Å². The molecule has 1 saturated heterocycles. The Hall–Kier alpha value is -0.380. The lowest BCUT2D eigenvalue weighted by Crippen LogP contribution is -2.58. The SMILES string of the molecule is CCC1(C)CNCCN1Cc1ccc(Br)cc1. The zero-order valence-electron chi connectivity index (χ0n) is 10.7. The molecule has 2 rings (SSSR count). The number of piperazine rings is 1. The van der Waals surface area contributed by atoms with Crippen LogP contribution in [-0.4, -0.2) is 30.1 Å². The maximum atomic E-state index is 3.50. The minimum Gasteiger partial charge on any atom is -0.314 e. The van der Waals surface area contributed by atoms with Crippen molar-refractivity contribution in [3.8, 4) is 0 Å². The number of hydrogen-bond acceptors (Lipinski definition) is 2. The van der Waals surface area contributed by atoms with Gasteiger partial charge in [-0.1, -0.05) is 35.0 Å². The van der Waals surface area contributed by atoms with Crippen LogP contribution in [0.1, 0.15) is 25.8 Å². The van der Waals surface area contributed by atoms with E-state index in [1.54, 1.807) is 0 Å². The third-order valence-electron chi connectivity index (χ3n) is 3.88. The molecule has 1 N–H and O–H groups in total. The molecule has 0 radical (unpaired) electrons. The van der Waals surface area contributed by atoms with Crippen LogP contribution in [0.15, 0.2) is 28.7 Å². The predicted molar refractivity (Wildman–Crippen MR) is 76.1 cm³/mol. The molecule has 0 amide bonds. The van der Waals surface area contributed by atoms with Gasteiger partial charge in [0.05, 0.1) is 0 Å². The monoisotopic (exact) mass is 296 g/mol. The van der Waals surface area contributed by atoms with E-state index in [0.717, 1.165) is 30.7 Å². The topological polar surface area (TPSA) is 15.3 Å². The standard InChI is InChI=1S/C14H21BrN2/c1-3-14(2)11-16-8-9-17(14)10-12-4-6-13(15)7-5-12/h4-7,16H,3,8-11H2,1-2H3. The van der Waals surface area contributed by atoms with Crippen molar-refractivity contribution in [2.75, 3.05) is 19.6 Å². The zero-order chi connectivity index (χ0) is 12.3. The highest BCUT2D eigenvalue weighted by Gasteiger charge is 2.32. The number of rotatable bonds is 3. The molecule has 1 aromatic carbocycles. The van der Waals surface area contributed by atoms with Gasteiger partial charge in [0, 0.05) is 36.2 Å². The van der Waals surface area contributed by atoms with Gasteiger partial charge in [0.25, 0.3) is 0 Å². The van der Waals surface area contributed by atoms with Gasteiger partial charge >= 0.3 is 0 Å². The van der Waals surface area contributed by atoms with Crippen molar-refractivity contribution in [3.63, 3.8) is 0 Å². The summed E-state index contributed by atoms with van der Waals surface area (Å²) in [5.41, 5.74) is 1.69. The van der Waals surface area contributed by atoms with Gasteiger partial charge in [-0.2, -0.15) is 0 Å². The first-order chi connectivity index (χ1) is 8.14. The Morgan fingerprint density at radius 1 is 1.35 bits per heavy atom. The molecule has 1 aromatic rings. The Kier molecular flexibility index (Phi) is 4.23. The number of nitrogens with one attached hydrogen (secondary N) is 1. The Labute approximate surface area is 113 Å². The smallest absolute Gasteiger partial charge is 0.0307 e. The second kappa shape index (κ2) is 5.51. The summed E-state index contributed by atoms with van der Waals surface area (Å²) in [6.45, 7) is 9.03. The summed E-state index contributed by atoms with van der Waals surface area (Å²) in [4.78, 5) is 2.60. The summed E-state index contributed by atoms with van der Waals surface area (Å²) in [6.07, 6.45) is 1.19. The second-order valence-electron chi connectivity index (χ2n) is 5.08. The summed E-state index contributed by atoms with van der Waals surface area (Å²) >= 11 is 3.48. The maximum Gasteiger partial charge on any atom is 0.0307 e. The van der Waals surface area contributed by atoms with Crippen molar-refractivity contribution in [3.05, 3.63) is 34.3 Å². The van der Waals surface area contributed by atoms with Crippen LogP contribution in [-0.2, 0) is 6.54 Å². The fraction of sp³-hybridized carbons (Fsp3) is 0.571. The van der Waals surface area contributed by atoms with Crippen molar-refractivity contribution in [1.29, 1.82) is 0 Å². The highest BCUT2D eigenvalue weighted by atomic mass is 79.9. The van der Waals surface area contributed by atoms with E-state index in [-0.39, 0.29) is 0 Å². The molecule has 1 atom stereocenters. The average Bonchev–Trinajstić information content (AvgIpc) is 2.35. The molecule has 17 heavy (non-hydrogen) atoms. The summed E-state index contributed by atoms with van der Waals surface area (Å²) in [6, 6.07) is 8.67. The van der Waals surface area contributed by atoms with Gasteiger partial charge in [-0.15, -0.1) is 0 Å². The van der Waals surface area contributed by atoms with E-state index >= 15 is 0 Å². The molecule has 1 unspecified atom stereocenters. The van der Waals surface area contributed by atoms with Crippen LogP contribution in [0, 0.1) is 0 Å². The number of nitrogens with zero attached hydrogens (tertiary/aromatic N) is 1. The minimum absolute atomic E-state index is 0.297. The zero-order valence-corrected chi connectivity index (χ0v) is 12.3. The lowest BCUT2D eigenvalue weighted by atomic mass is 9.93. The Morgan fingerprint density at radius 2 is 2.06 bits per heavy atom. The quantitative estimate of drug-likeness (QED) is 0.922. The molecule has 3 heteroatoms. The first-order valence-corrected chi connectivity index (χ1v) is 7.13. The van der Waals surface area contributed by atoms with Gasteiger partial charge in [-0.25, -0.2) is 0 Å². The molecule has 0 aromatic heterocycles. The molecule has 1 aliphatic heterocycles. The number of benzene rings is 1. The van der Waals surface area contributed by atoms with Gasteiger partial charge in [-0.3, -0.25) is 4.90 Å².